The number of alkyl halides is 1. The van der Waals surface area contributed by atoms with Crippen LogP contribution in [0.4, 0.5) is 4.39 Å². The van der Waals surface area contributed by atoms with Crippen LogP contribution in [0.1, 0.15) is 30.9 Å². The summed E-state index contributed by atoms with van der Waals surface area (Å²) in [6.07, 6.45) is 4.31. The van der Waals surface area contributed by atoms with Crippen LogP contribution in [-0.2, 0) is 17.2 Å². The first kappa shape index (κ1) is 21.7. The molecule has 1 aliphatic rings. The second-order valence-corrected chi connectivity index (χ2v) is 9.86. The topological polar surface area (TPSA) is 65.2 Å². The Morgan fingerprint density at radius 3 is 2.71 bits per heavy atom. The number of benzene rings is 2. The highest BCUT2D eigenvalue weighted by molar-refractivity contribution is 7.89. The number of thiazole rings is 1. The molecule has 1 atom stereocenters. The molecule has 2 N–H and O–H groups in total. The Labute approximate surface area is 188 Å². The maximum Gasteiger partial charge on any atom is 0.123 e. The Morgan fingerprint density at radius 1 is 1.23 bits per heavy atom. The molecule has 0 radical (unpaired) electrons. The molecule has 3 aromatic rings. The van der Waals surface area contributed by atoms with Gasteiger partial charge in [-0.1, -0.05) is 25.5 Å². The van der Waals surface area contributed by atoms with Crippen molar-refractivity contribution in [3.63, 3.8) is 0 Å². The van der Waals surface area contributed by atoms with Crippen molar-refractivity contribution < 1.29 is 13.3 Å². The van der Waals surface area contributed by atoms with Crippen LogP contribution in [0.3, 0.4) is 0 Å². The van der Waals surface area contributed by atoms with Crippen LogP contribution >= 0.6 is 11.3 Å². The standard InChI is InChI=1S/C24H25FN2O2S2/c1-2-3-12-31(28)21-15-17-13-18(24-27-9-11-30-24)14-20(22(17)23(21)26)16-4-6-19(7-5-16)29-10-8-25/h4-7,9,11,13-14H,2-3,8,10,12,15,26H2,1H3. The average molecular weight is 457 g/mol. The number of halogens is 1. The van der Waals surface area contributed by atoms with Gasteiger partial charge in [0.2, 0.25) is 0 Å². The molecule has 1 unspecified atom stereocenters. The molecular formula is C24H25FN2O2S2. The zero-order valence-corrected chi connectivity index (χ0v) is 19.0. The van der Waals surface area contributed by atoms with Gasteiger partial charge in [0, 0.05) is 39.8 Å². The number of nitrogens with two attached hydrogens (primary N) is 1. The molecule has 0 amide bonds. The van der Waals surface area contributed by atoms with E-state index >= 15 is 0 Å². The summed E-state index contributed by atoms with van der Waals surface area (Å²) >= 11 is 1.58. The van der Waals surface area contributed by atoms with E-state index in [-0.39, 0.29) is 6.61 Å². The Balaban J connectivity index is 1.78. The van der Waals surface area contributed by atoms with E-state index in [1.165, 1.54) is 0 Å². The third kappa shape index (κ3) is 4.57. The highest BCUT2D eigenvalue weighted by atomic mass is 32.2. The fourth-order valence-corrected chi connectivity index (χ4v) is 5.86. The van der Waals surface area contributed by atoms with Crippen LogP contribution in [0.15, 0.2) is 52.9 Å². The summed E-state index contributed by atoms with van der Waals surface area (Å²) < 4.78 is 30.7. The normalized spacial score (nSPS) is 14.0. The van der Waals surface area contributed by atoms with E-state index in [0.29, 0.717) is 23.6 Å². The Bertz CT molecular complexity index is 1110. The lowest BCUT2D eigenvalue weighted by Gasteiger charge is -2.13. The molecule has 1 aromatic heterocycles. The predicted octanol–water partition coefficient (Wildman–Crippen LogP) is 5.56. The molecule has 162 valence electrons. The number of ether oxygens (including phenoxy) is 1. The van der Waals surface area contributed by atoms with Gasteiger partial charge in [0.05, 0.1) is 16.5 Å². The van der Waals surface area contributed by atoms with E-state index in [1.54, 1.807) is 17.5 Å². The molecule has 0 saturated carbocycles. The zero-order chi connectivity index (χ0) is 21.8. The van der Waals surface area contributed by atoms with Crippen LogP contribution in [0.25, 0.3) is 27.4 Å². The summed E-state index contributed by atoms with van der Waals surface area (Å²) in [6.45, 7) is 1.61. The van der Waals surface area contributed by atoms with Crippen molar-refractivity contribution in [3.8, 4) is 27.4 Å². The van der Waals surface area contributed by atoms with Crippen molar-refractivity contribution >= 4 is 27.8 Å². The summed E-state index contributed by atoms with van der Waals surface area (Å²) in [7, 11) is -1.08. The van der Waals surface area contributed by atoms with E-state index in [1.807, 2.05) is 29.6 Å². The molecular weight excluding hydrogens is 431 g/mol. The fourth-order valence-electron chi connectivity index (χ4n) is 3.77. The molecule has 0 bridgehead atoms. The van der Waals surface area contributed by atoms with E-state index in [9.17, 15) is 8.60 Å². The molecule has 0 saturated heterocycles. The third-order valence-corrected chi connectivity index (χ3v) is 7.68. The lowest BCUT2D eigenvalue weighted by Crippen LogP contribution is -2.05. The van der Waals surface area contributed by atoms with Crippen molar-refractivity contribution in [3.05, 3.63) is 64.0 Å². The van der Waals surface area contributed by atoms with E-state index < -0.39 is 17.5 Å². The molecule has 1 heterocycles. The largest absolute Gasteiger partial charge is 0.491 e. The Morgan fingerprint density at radius 2 is 2.03 bits per heavy atom. The molecule has 0 fully saturated rings. The number of rotatable bonds is 9. The molecule has 31 heavy (non-hydrogen) atoms. The fraction of sp³-hybridized carbons (Fsp3) is 0.292. The predicted molar refractivity (Wildman–Crippen MR) is 127 cm³/mol. The van der Waals surface area contributed by atoms with Gasteiger partial charge in [0.15, 0.2) is 0 Å². The highest BCUT2D eigenvalue weighted by Crippen LogP contribution is 2.42. The van der Waals surface area contributed by atoms with Crippen molar-refractivity contribution in [1.82, 2.24) is 4.98 Å². The number of unbranched alkanes of at least 4 members (excludes halogenated alkanes) is 1. The van der Waals surface area contributed by atoms with Gasteiger partial charge in [-0.05, 0) is 47.4 Å². The minimum Gasteiger partial charge on any atom is -0.491 e. The van der Waals surface area contributed by atoms with Crippen molar-refractivity contribution in [2.45, 2.75) is 26.2 Å². The van der Waals surface area contributed by atoms with Gasteiger partial charge in [0.1, 0.15) is 24.0 Å². The summed E-state index contributed by atoms with van der Waals surface area (Å²) in [5.41, 5.74) is 12.2. The minimum atomic E-state index is -1.08. The first-order valence-electron chi connectivity index (χ1n) is 10.4. The summed E-state index contributed by atoms with van der Waals surface area (Å²) in [6, 6.07) is 11.8. The van der Waals surface area contributed by atoms with E-state index in [2.05, 4.69) is 24.0 Å². The quantitative estimate of drug-likeness (QED) is 0.458. The Hall–Kier alpha value is -2.51. The Kier molecular flexibility index (Phi) is 6.83. The number of hydrogen-bond donors (Lipinski definition) is 1. The molecule has 2 aromatic carbocycles. The SMILES string of the molecule is CCCCS(=O)C1=C(N)c2c(cc(-c3nccs3)cc2-c2ccc(OCCF)cc2)C1. The van der Waals surface area contributed by atoms with Crippen LogP contribution in [0, 0.1) is 0 Å². The maximum absolute atomic E-state index is 12.9. The van der Waals surface area contributed by atoms with Gasteiger partial charge in [-0.15, -0.1) is 11.3 Å². The zero-order valence-electron chi connectivity index (χ0n) is 17.4. The minimum absolute atomic E-state index is 0.0386. The van der Waals surface area contributed by atoms with Gasteiger partial charge in [-0.25, -0.2) is 9.37 Å². The first-order valence-corrected chi connectivity index (χ1v) is 12.6. The van der Waals surface area contributed by atoms with Gasteiger partial charge in [-0.3, -0.25) is 4.21 Å². The van der Waals surface area contributed by atoms with E-state index in [4.69, 9.17) is 10.5 Å². The first-order chi connectivity index (χ1) is 15.1. The summed E-state index contributed by atoms with van der Waals surface area (Å²) in [5.74, 6) is 1.26. The summed E-state index contributed by atoms with van der Waals surface area (Å²) in [5, 5.41) is 2.89. The number of allylic oxidation sites excluding steroid dienone is 1. The molecule has 1 aliphatic carbocycles. The van der Waals surface area contributed by atoms with Crippen LogP contribution in [-0.4, -0.2) is 28.2 Å². The second-order valence-electron chi connectivity index (χ2n) is 7.37. The highest BCUT2D eigenvalue weighted by Gasteiger charge is 2.27. The van der Waals surface area contributed by atoms with Crippen LogP contribution in [0.5, 0.6) is 5.75 Å². The van der Waals surface area contributed by atoms with Crippen LogP contribution < -0.4 is 10.5 Å². The third-order valence-electron chi connectivity index (χ3n) is 5.29. The average Bonchev–Trinajstić information content (AvgIpc) is 3.44. The van der Waals surface area contributed by atoms with Gasteiger partial charge in [-0.2, -0.15) is 0 Å². The number of fused-ring (bicyclic) bond motifs is 1. The maximum atomic E-state index is 12.9. The van der Waals surface area contributed by atoms with Crippen molar-refractivity contribution in [2.24, 2.45) is 5.73 Å². The van der Waals surface area contributed by atoms with Crippen molar-refractivity contribution in [2.75, 3.05) is 19.0 Å². The van der Waals surface area contributed by atoms with Gasteiger partial charge in [0.25, 0.3) is 0 Å². The van der Waals surface area contributed by atoms with E-state index in [0.717, 1.165) is 50.6 Å². The molecule has 0 spiro atoms. The number of aromatic nitrogens is 1. The van der Waals surface area contributed by atoms with Gasteiger partial charge >= 0.3 is 0 Å². The van der Waals surface area contributed by atoms with Crippen LogP contribution in [0.2, 0.25) is 0 Å². The molecule has 0 aliphatic heterocycles. The lowest BCUT2D eigenvalue weighted by molar-refractivity contribution is 0.273. The second kappa shape index (κ2) is 9.75. The lowest BCUT2D eigenvalue weighted by atomic mass is 9.93. The molecule has 4 rings (SSSR count). The monoisotopic (exact) mass is 456 g/mol. The smallest absolute Gasteiger partial charge is 0.123 e. The summed E-state index contributed by atoms with van der Waals surface area (Å²) in [4.78, 5) is 5.29. The number of hydrogen-bond acceptors (Lipinski definition) is 5. The van der Waals surface area contributed by atoms with Gasteiger partial charge < -0.3 is 10.5 Å². The number of nitrogens with zero attached hydrogens (tertiary/aromatic N) is 1. The molecule has 7 heteroatoms. The molecule has 4 nitrogen and oxygen atoms in total. The van der Waals surface area contributed by atoms with Crippen molar-refractivity contribution in [1.29, 1.82) is 0 Å².